The Balaban J connectivity index is 1.40. The molecule has 140 valence electrons. The highest BCUT2D eigenvalue weighted by molar-refractivity contribution is 5.30. The average molecular weight is 348 g/mol. The van der Waals surface area contributed by atoms with E-state index in [-0.39, 0.29) is 0 Å². The van der Waals surface area contributed by atoms with Crippen LogP contribution >= 0.6 is 0 Å². The van der Waals surface area contributed by atoms with Gasteiger partial charge in [0, 0.05) is 57.2 Å². The lowest BCUT2D eigenvalue weighted by Gasteiger charge is -2.32. The molecule has 25 heavy (non-hydrogen) atoms. The standard InChI is InChI=1S/C19H33N5O/c1-22(2)12-13-25-18-6-10-23(11-7-18)16-17-14-20-19(21-15-17)24-8-4-3-5-9-24/h14-15,18H,3-13,16H2,1-2H3. The third kappa shape index (κ3) is 5.90. The molecule has 1 aromatic rings. The minimum Gasteiger partial charge on any atom is -0.377 e. The average Bonchev–Trinajstić information content (AvgIpc) is 2.64. The molecule has 0 aliphatic carbocycles. The normalized spacial score (nSPS) is 20.4. The van der Waals surface area contributed by atoms with Crippen LogP contribution in [-0.4, -0.2) is 79.3 Å². The van der Waals surface area contributed by atoms with Gasteiger partial charge >= 0.3 is 0 Å². The van der Waals surface area contributed by atoms with Gasteiger partial charge in [-0.15, -0.1) is 0 Å². The van der Waals surface area contributed by atoms with Crippen LogP contribution in [0.4, 0.5) is 5.95 Å². The summed E-state index contributed by atoms with van der Waals surface area (Å²) in [5, 5.41) is 0. The summed E-state index contributed by atoms with van der Waals surface area (Å²) in [6, 6.07) is 0. The number of ether oxygens (including phenoxy) is 1. The van der Waals surface area contributed by atoms with E-state index in [1.165, 1.54) is 24.8 Å². The number of anilines is 1. The van der Waals surface area contributed by atoms with E-state index in [2.05, 4.69) is 38.8 Å². The van der Waals surface area contributed by atoms with E-state index in [0.717, 1.165) is 64.7 Å². The minimum absolute atomic E-state index is 0.425. The van der Waals surface area contributed by atoms with Crippen molar-refractivity contribution in [1.82, 2.24) is 19.8 Å². The number of aromatic nitrogens is 2. The molecule has 0 atom stereocenters. The summed E-state index contributed by atoms with van der Waals surface area (Å²) in [6.07, 6.45) is 10.6. The minimum atomic E-state index is 0.425. The largest absolute Gasteiger partial charge is 0.377 e. The van der Waals surface area contributed by atoms with Crippen molar-refractivity contribution in [3.05, 3.63) is 18.0 Å². The third-order valence-electron chi connectivity index (χ3n) is 5.16. The predicted octanol–water partition coefficient (Wildman–Crippen LogP) is 2.01. The molecule has 6 heteroatoms. The van der Waals surface area contributed by atoms with Gasteiger partial charge < -0.3 is 14.5 Å². The lowest BCUT2D eigenvalue weighted by atomic mass is 10.1. The van der Waals surface area contributed by atoms with Crippen molar-refractivity contribution >= 4 is 5.95 Å². The zero-order chi connectivity index (χ0) is 17.5. The summed E-state index contributed by atoms with van der Waals surface area (Å²) in [4.78, 5) is 16.2. The van der Waals surface area contributed by atoms with E-state index < -0.39 is 0 Å². The number of likely N-dealkylation sites (N-methyl/N-ethyl adjacent to an activating group) is 1. The first kappa shape index (κ1) is 18.5. The maximum absolute atomic E-state index is 5.98. The molecule has 0 bridgehead atoms. The second kappa shape index (κ2) is 9.46. The summed E-state index contributed by atoms with van der Waals surface area (Å²) in [5.74, 6) is 0.899. The molecule has 3 rings (SSSR count). The summed E-state index contributed by atoms with van der Waals surface area (Å²) < 4.78 is 5.98. The Hall–Kier alpha value is -1.24. The zero-order valence-electron chi connectivity index (χ0n) is 15.9. The van der Waals surface area contributed by atoms with Gasteiger partial charge in [-0.3, -0.25) is 4.90 Å². The summed E-state index contributed by atoms with van der Waals surface area (Å²) in [7, 11) is 4.18. The summed E-state index contributed by atoms with van der Waals surface area (Å²) in [6.45, 7) is 7.18. The van der Waals surface area contributed by atoms with Gasteiger partial charge in [-0.2, -0.15) is 0 Å². The molecule has 3 heterocycles. The topological polar surface area (TPSA) is 44.7 Å². The van der Waals surface area contributed by atoms with Gasteiger partial charge in [-0.1, -0.05) is 0 Å². The van der Waals surface area contributed by atoms with Crippen molar-refractivity contribution in [1.29, 1.82) is 0 Å². The Morgan fingerprint density at radius 1 is 1.04 bits per heavy atom. The van der Waals surface area contributed by atoms with Gasteiger partial charge in [0.15, 0.2) is 0 Å². The van der Waals surface area contributed by atoms with Gasteiger partial charge in [0.1, 0.15) is 0 Å². The van der Waals surface area contributed by atoms with Crippen molar-refractivity contribution in [3.63, 3.8) is 0 Å². The number of nitrogens with zero attached hydrogens (tertiary/aromatic N) is 5. The highest BCUT2D eigenvalue weighted by Crippen LogP contribution is 2.18. The first-order valence-electron chi connectivity index (χ1n) is 9.75. The van der Waals surface area contributed by atoms with Crippen molar-refractivity contribution in [2.24, 2.45) is 0 Å². The maximum Gasteiger partial charge on any atom is 0.225 e. The SMILES string of the molecule is CN(C)CCOC1CCN(Cc2cnc(N3CCCCC3)nc2)CC1. The zero-order valence-corrected chi connectivity index (χ0v) is 15.9. The van der Waals surface area contributed by atoms with Crippen molar-refractivity contribution in [3.8, 4) is 0 Å². The Morgan fingerprint density at radius 3 is 2.36 bits per heavy atom. The molecule has 0 aromatic carbocycles. The first-order chi connectivity index (χ1) is 12.2. The Morgan fingerprint density at radius 2 is 1.72 bits per heavy atom. The number of hydrogen-bond donors (Lipinski definition) is 0. The first-order valence-corrected chi connectivity index (χ1v) is 9.75. The van der Waals surface area contributed by atoms with Crippen molar-refractivity contribution < 1.29 is 4.74 Å². The van der Waals surface area contributed by atoms with Crippen LogP contribution in [0.25, 0.3) is 0 Å². The number of likely N-dealkylation sites (tertiary alicyclic amines) is 1. The molecule has 6 nitrogen and oxygen atoms in total. The molecule has 2 fully saturated rings. The highest BCUT2D eigenvalue weighted by atomic mass is 16.5. The molecule has 2 aliphatic heterocycles. The van der Waals surface area contributed by atoms with Gasteiger partial charge in [0.2, 0.25) is 5.95 Å². The Labute approximate surface area is 152 Å². The highest BCUT2D eigenvalue weighted by Gasteiger charge is 2.20. The van der Waals surface area contributed by atoms with E-state index >= 15 is 0 Å². The van der Waals surface area contributed by atoms with Crippen molar-refractivity contribution in [2.75, 3.05) is 58.3 Å². The van der Waals surface area contributed by atoms with E-state index in [1.54, 1.807) is 0 Å². The molecule has 0 amide bonds. The van der Waals surface area contributed by atoms with Crippen LogP contribution in [0.2, 0.25) is 0 Å². The molecule has 0 radical (unpaired) electrons. The Kier molecular flexibility index (Phi) is 7.02. The predicted molar refractivity (Wildman–Crippen MR) is 101 cm³/mol. The molecular weight excluding hydrogens is 314 g/mol. The second-order valence-corrected chi connectivity index (χ2v) is 7.59. The van der Waals surface area contributed by atoms with Crippen LogP contribution in [0.5, 0.6) is 0 Å². The fraction of sp³-hybridized carbons (Fsp3) is 0.789. The second-order valence-electron chi connectivity index (χ2n) is 7.59. The molecule has 0 unspecified atom stereocenters. The number of hydrogen-bond acceptors (Lipinski definition) is 6. The molecular formula is C19H33N5O. The van der Waals surface area contributed by atoms with Crippen LogP contribution in [0, 0.1) is 0 Å². The lowest BCUT2D eigenvalue weighted by molar-refractivity contribution is 0.000750. The number of rotatable bonds is 7. The van der Waals surface area contributed by atoms with Crippen LogP contribution in [0.3, 0.4) is 0 Å². The van der Waals surface area contributed by atoms with Crippen LogP contribution in [0.1, 0.15) is 37.7 Å². The Bertz CT molecular complexity index is 493. The molecule has 2 aliphatic rings. The van der Waals surface area contributed by atoms with Crippen LogP contribution in [-0.2, 0) is 11.3 Å². The summed E-state index contributed by atoms with van der Waals surface area (Å²) in [5.41, 5.74) is 1.22. The molecule has 0 saturated carbocycles. The van der Waals surface area contributed by atoms with Gasteiger partial charge in [0.05, 0.1) is 12.7 Å². The molecule has 1 aromatic heterocycles. The lowest BCUT2D eigenvalue weighted by Crippen LogP contribution is -2.37. The van der Waals surface area contributed by atoms with E-state index in [1.807, 2.05) is 12.4 Å². The van der Waals surface area contributed by atoms with Gasteiger partial charge in [-0.05, 0) is 46.2 Å². The number of piperidine rings is 2. The van der Waals surface area contributed by atoms with Gasteiger partial charge in [-0.25, -0.2) is 9.97 Å². The van der Waals surface area contributed by atoms with Crippen LogP contribution < -0.4 is 4.90 Å². The fourth-order valence-corrected chi connectivity index (χ4v) is 3.58. The van der Waals surface area contributed by atoms with Gasteiger partial charge in [0.25, 0.3) is 0 Å². The monoisotopic (exact) mass is 347 g/mol. The van der Waals surface area contributed by atoms with E-state index in [0.29, 0.717) is 6.10 Å². The van der Waals surface area contributed by atoms with E-state index in [9.17, 15) is 0 Å². The maximum atomic E-state index is 5.98. The smallest absolute Gasteiger partial charge is 0.225 e. The fourth-order valence-electron chi connectivity index (χ4n) is 3.58. The molecule has 0 spiro atoms. The molecule has 2 saturated heterocycles. The van der Waals surface area contributed by atoms with Crippen LogP contribution in [0.15, 0.2) is 12.4 Å². The summed E-state index contributed by atoms with van der Waals surface area (Å²) >= 11 is 0. The van der Waals surface area contributed by atoms with E-state index in [4.69, 9.17) is 4.74 Å². The van der Waals surface area contributed by atoms with Crippen molar-refractivity contribution in [2.45, 2.75) is 44.8 Å². The quantitative estimate of drug-likeness (QED) is 0.752. The molecule has 0 N–H and O–H groups in total. The third-order valence-corrected chi connectivity index (χ3v) is 5.16.